The maximum Gasteiger partial charge on any atom is 0.407 e. The molecule has 4 amide bonds. The van der Waals surface area contributed by atoms with Gasteiger partial charge in [0, 0.05) is 23.4 Å². The highest BCUT2D eigenvalue weighted by molar-refractivity contribution is 8.01. The van der Waals surface area contributed by atoms with Crippen LogP contribution in [-0.4, -0.2) is 113 Å². The minimum atomic E-state index is -1.30. The van der Waals surface area contributed by atoms with E-state index < -0.39 is 40.9 Å². The highest BCUT2D eigenvalue weighted by Crippen LogP contribution is 2.41. The second-order valence-corrected chi connectivity index (χ2v) is 13.1. The maximum atomic E-state index is 13.2. The molecule has 0 aromatic carbocycles. The van der Waals surface area contributed by atoms with Gasteiger partial charge in [-0.2, -0.15) is 0 Å². The van der Waals surface area contributed by atoms with E-state index in [1.807, 2.05) is 0 Å². The second-order valence-electron chi connectivity index (χ2n) is 10.2. The molecule has 2 aliphatic heterocycles. The summed E-state index contributed by atoms with van der Waals surface area (Å²) in [5.41, 5.74) is -0.597. The number of nitrogens with one attached hydrogen (secondary N) is 3. The zero-order valence-corrected chi connectivity index (χ0v) is 27.0. The first kappa shape index (κ1) is 34.2. The molecule has 1 fully saturated rings. The number of hydrogen-bond acceptors (Lipinski definition) is 15. The number of thioether (sulfide) groups is 2. The van der Waals surface area contributed by atoms with E-state index in [0.29, 0.717) is 17.1 Å². The molecule has 4 N–H and O–H groups in total. The van der Waals surface area contributed by atoms with Crippen LogP contribution in [0.15, 0.2) is 27.0 Å². The Morgan fingerprint density at radius 2 is 2.13 bits per heavy atom. The molecule has 0 saturated carbocycles. The molecular weight excluding hydrogens is 665 g/mol. The van der Waals surface area contributed by atoms with Crippen LogP contribution in [0.1, 0.15) is 26.5 Å². The van der Waals surface area contributed by atoms with Gasteiger partial charge >= 0.3 is 12.1 Å². The summed E-state index contributed by atoms with van der Waals surface area (Å²) in [6.07, 6.45) is 5.02. The minimum Gasteiger partial charge on any atom is -0.477 e. The molecule has 1 unspecified atom stereocenters. The number of aliphatic carboxylic acids is 1. The highest BCUT2D eigenvalue weighted by atomic mass is 32.2. The average Bonchev–Trinajstić information content (AvgIpc) is 3.65. The summed E-state index contributed by atoms with van der Waals surface area (Å²) in [5, 5.41) is 34.2. The van der Waals surface area contributed by atoms with Crippen molar-refractivity contribution in [3.8, 4) is 12.3 Å². The van der Waals surface area contributed by atoms with Crippen molar-refractivity contribution in [2.24, 2.45) is 5.16 Å². The van der Waals surface area contributed by atoms with Crippen LogP contribution in [0.2, 0.25) is 0 Å². The molecule has 46 heavy (non-hydrogen) atoms. The number of amides is 4. The number of carbonyl (C=O) groups is 5. The number of alkyl carbamates (subject to hydrolysis) is 1. The summed E-state index contributed by atoms with van der Waals surface area (Å²) in [7, 11) is 0. The van der Waals surface area contributed by atoms with Gasteiger partial charge in [0.15, 0.2) is 17.5 Å². The summed E-state index contributed by atoms with van der Waals surface area (Å²) >= 11 is 3.48. The van der Waals surface area contributed by atoms with Crippen LogP contribution >= 0.6 is 34.9 Å². The third kappa shape index (κ3) is 8.32. The minimum absolute atomic E-state index is 0.0668. The molecule has 2 aromatic heterocycles. The van der Waals surface area contributed by atoms with Crippen molar-refractivity contribution in [1.29, 1.82) is 0 Å². The Hall–Kier alpha value is -4.68. The molecule has 21 heteroatoms. The van der Waals surface area contributed by atoms with Gasteiger partial charge in [-0.05, 0) is 36.8 Å². The zero-order chi connectivity index (χ0) is 33.4. The largest absolute Gasteiger partial charge is 0.477 e. The number of aromatic nitrogens is 5. The number of nitrogens with zero attached hydrogens (tertiary/aromatic N) is 7. The summed E-state index contributed by atoms with van der Waals surface area (Å²) in [5.74, 6) is -0.128. The monoisotopic (exact) mass is 692 g/mol. The Bertz CT molecular complexity index is 1610. The number of carboxylic acid groups (broad SMARTS) is 1. The quantitative estimate of drug-likeness (QED) is 0.0392. The molecule has 18 nitrogen and oxygen atoms in total. The van der Waals surface area contributed by atoms with E-state index in [4.69, 9.17) is 16.0 Å². The van der Waals surface area contributed by atoms with Crippen LogP contribution in [0.4, 0.5) is 9.93 Å². The molecule has 0 bridgehead atoms. The molecule has 4 heterocycles. The van der Waals surface area contributed by atoms with Gasteiger partial charge in [-0.3, -0.25) is 19.3 Å². The Kier molecular flexibility index (Phi) is 11.2. The van der Waals surface area contributed by atoms with E-state index in [2.05, 4.69) is 47.5 Å². The van der Waals surface area contributed by atoms with Crippen LogP contribution < -0.4 is 16.0 Å². The standard InChI is InChI=1S/C25H28N10O8S3/c1-5-8-42-31-15(14-11-45-22(28-14)27-12-36)18(37)29-16-19(38)35-17(21(39)40)13(9-44-20(16)35)10-46-23-30-32-33-34(23)7-6-26-24(41)43-25(2,3)4/h1,11-12,16,20H,6-10H2,2-4H3,(H,26,41)(H,29,37)(H,39,40)(H,27,28,36)/b31-15-/t16?,20-/m1/s1. The van der Waals surface area contributed by atoms with Crippen molar-refractivity contribution in [2.75, 3.05) is 30.0 Å². The van der Waals surface area contributed by atoms with Crippen molar-refractivity contribution in [3.63, 3.8) is 0 Å². The predicted octanol–water partition coefficient (Wildman–Crippen LogP) is 0.107. The van der Waals surface area contributed by atoms with E-state index in [1.165, 1.54) is 33.6 Å². The number of thiazole rings is 1. The number of terminal acetylenes is 1. The van der Waals surface area contributed by atoms with E-state index in [9.17, 15) is 29.1 Å². The van der Waals surface area contributed by atoms with Crippen LogP contribution in [0.25, 0.3) is 0 Å². The van der Waals surface area contributed by atoms with E-state index in [1.54, 1.807) is 20.8 Å². The van der Waals surface area contributed by atoms with Crippen LogP contribution in [0.5, 0.6) is 0 Å². The first-order valence-electron chi connectivity index (χ1n) is 13.3. The predicted molar refractivity (Wildman–Crippen MR) is 166 cm³/mol. The molecule has 0 spiro atoms. The number of β-lactam (4-membered cyclic amide) rings is 1. The van der Waals surface area contributed by atoms with Crippen LogP contribution in [-0.2, 0) is 35.3 Å². The van der Waals surface area contributed by atoms with Crippen molar-refractivity contribution < 1.29 is 38.7 Å². The third-order valence-corrected chi connectivity index (χ3v) is 9.01. The first-order chi connectivity index (χ1) is 21.9. The fourth-order valence-corrected chi connectivity index (χ4v) is 7.05. The number of carbonyl (C=O) groups excluding carboxylic acids is 4. The lowest BCUT2D eigenvalue weighted by molar-refractivity contribution is -0.150. The van der Waals surface area contributed by atoms with Gasteiger partial charge in [-0.1, -0.05) is 22.8 Å². The SMILES string of the molecule is C#CCO/N=C(\C(=O)NC1C(=O)N2C(C(=O)O)=C(CSc3nnnn3CCNC(=O)OC(C)(C)C)CS[C@H]12)c1csc(NC=O)n1. The highest BCUT2D eigenvalue weighted by Gasteiger charge is 2.54. The van der Waals surface area contributed by atoms with Crippen molar-refractivity contribution in [2.45, 2.75) is 49.5 Å². The summed E-state index contributed by atoms with van der Waals surface area (Å²) < 4.78 is 6.66. The lowest BCUT2D eigenvalue weighted by Crippen LogP contribution is -2.71. The average molecular weight is 693 g/mol. The van der Waals surface area contributed by atoms with Gasteiger partial charge in [-0.15, -0.1) is 34.6 Å². The Labute approximate surface area is 274 Å². The van der Waals surface area contributed by atoms with Gasteiger partial charge in [0.25, 0.3) is 11.8 Å². The fourth-order valence-electron chi connectivity index (χ4n) is 4.01. The molecule has 0 radical (unpaired) electrons. The molecule has 2 atom stereocenters. The van der Waals surface area contributed by atoms with Gasteiger partial charge in [0.05, 0.1) is 6.54 Å². The molecule has 2 aliphatic rings. The second kappa shape index (κ2) is 15.1. The zero-order valence-electron chi connectivity index (χ0n) is 24.6. The summed E-state index contributed by atoms with van der Waals surface area (Å²) in [6.45, 7) is 5.43. The molecular formula is C25H28N10O8S3. The lowest BCUT2D eigenvalue weighted by atomic mass is 10.0. The first-order valence-corrected chi connectivity index (χ1v) is 16.2. The molecule has 4 rings (SSSR count). The van der Waals surface area contributed by atoms with E-state index in [0.717, 1.165) is 16.2 Å². The number of ether oxygens (including phenoxy) is 1. The molecule has 0 aliphatic carbocycles. The van der Waals surface area contributed by atoms with Gasteiger partial charge in [-0.25, -0.2) is 19.3 Å². The van der Waals surface area contributed by atoms with Crippen LogP contribution in [0, 0.1) is 12.3 Å². The Morgan fingerprint density at radius 1 is 1.35 bits per heavy atom. The summed E-state index contributed by atoms with van der Waals surface area (Å²) in [4.78, 5) is 71.6. The number of fused-ring (bicyclic) bond motifs is 1. The topological polar surface area (TPSA) is 232 Å². The molecule has 2 aromatic rings. The van der Waals surface area contributed by atoms with Crippen molar-refractivity contribution in [3.05, 3.63) is 22.3 Å². The fraction of sp³-hybridized carbons (Fsp3) is 0.440. The van der Waals surface area contributed by atoms with Crippen LogP contribution in [0.3, 0.4) is 0 Å². The number of anilines is 1. The maximum absolute atomic E-state index is 13.2. The summed E-state index contributed by atoms with van der Waals surface area (Å²) in [6, 6.07) is -1.06. The van der Waals surface area contributed by atoms with Crippen molar-refractivity contribution in [1.82, 2.24) is 40.7 Å². The molecule has 1 saturated heterocycles. The number of rotatable bonds is 14. The van der Waals surface area contributed by atoms with Crippen molar-refractivity contribution >= 4 is 76.0 Å². The lowest BCUT2D eigenvalue weighted by Gasteiger charge is -2.49. The van der Waals surface area contributed by atoms with Gasteiger partial charge < -0.3 is 30.6 Å². The Morgan fingerprint density at radius 3 is 2.83 bits per heavy atom. The number of hydrogen-bond donors (Lipinski definition) is 4. The Balaban J connectivity index is 1.41. The third-order valence-electron chi connectivity index (χ3n) is 5.85. The number of tetrazole rings is 1. The molecule has 244 valence electrons. The van der Waals surface area contributed by atoms with Gasteiger partial charge in [0.1, 0.15) is 28.4 Å². The number of oxime groups is 1. The number of carboxylic acids is 1. The normalized spacial score (nSPS) is 17.7. The smallest absolute Gasteiger partial charge is 0.407 e. The van der Waals surface area contributed by atoms with E-state index in [-0.39, 0.29) is 53.4 Å². The van der Waals surface area contributed by atoms with E-state index >= 15 is 0 Å². The van der Waals surface area contributed by atoms with Gasteiger partial charge in [0.2, 0.25) is 11.6 Å².